The van der Waals surface area contributed by atoms with Gasteiger partial charge in [-0.2, -0.15) is 0 Å². The number of thioether (sulfide) groups is 1. The maximum Gasteiger partial charge on any atom is 0.237 e. The Hall–Kier alpha value is -3.98. The zero-order chi connectivity index (χ0) is 25.9. The number of aromatic nitrogens is 1. The first-order valence-electron chi connectivity index (χ1n) is 10.8. The SMILES string of the molecule is COc1cc(OC)c(/C=C/SCc2cnc(OC)c(N/C=C/C(=O)c3ccc(F)cc3)c2)c(OC)c1. The van der Waals surface area contributed by atoms with Crippen LogP contribution >= 0.6 is 11.8 Å². The highest BCUT2D eigenvalue weighted by Gasteiger charge is 2.11. The monoisotopic (exact) mass is 510 g/mol. The molecule has 3 aromatic rings. The zero-order valence-corrected chi connectivity index (χ0v) is 21.2. The number of pyridine rings is 1. The highest BCUT2D eigenvalue weighted by atomic mass is 32.2. The van der Waals surface area contributed by atoms with E-state index in [1.165, 1.54) is 43.7 Å². The number of hydrogen-bond acceptors (Lipinski definition) is 8. The van der Waals surface area contributed by atoms with Crippen molar-refractivity contribution in [2.45, 2.75) is 5.75 Å². The molecule has 0 radical (unpaired) electrons. The van der Waals surface area contributed by atoms with Crippen molar-refractivity contribution in [3.05, 3.63) is 88.9 Å². The van der Waals surface area contributed by atoms with Gasteiger partial charge in [0.2, 0.25) is 5.88 Å². The molecule has 9 heteroatoms. The van der Waals surface area contributed by atoms with Crippen LogP contribution in [0.2, 0.25) is 0 Å². The van der Waals surface area contributed by atoms with Crippen molar-refractivity contribution in [1.29, 1.82) is 0 Å². The van der Waals surface area contributed by atoms with E-state index in [1.54, 1.807) is 51.4 Å². The van der Waals surface area contributed by atoms with Crippen LogP contribution in [-0.2, 0) is 5.75 Å². The molecule has 0 saturated carbocycles. The van der Waals surface area contributed by atoms with Crippen LogP contribution in [0.15, 0.2) is 66.3 Å². The van der Waals surface area contributed by atoms with Gasteiger partial charge in [-0.05, 0) is 47.4 Å². The van der Waals surface area contributed by atoms with Gasteiger partial charge in [0.1, 0.15) is 28.8 Å². The Balaban J connectivity index is 1.66. The molecular formula is C27H27FN2O5S. The summed E-state index contributed by atoms with van der Waals surface area (Å²) in [7, 11) is 6.30. The highest BCUT2D eigenvalue weighted by molar-refractivity contribution is 8.01. The number of benzene rings is 2. The molecule has 0 spiro atoms. The van der Waals surface area contributed by atoms with Gasteiger partial charge in [0.15, 0.2) is 5.78 Å². The molecule has 1 aromatic heterocycles. The molecule has 0 fully saturated rings. The molecule has 0 aliphatic heterocycles. The fourth-order valence-electron chi connectivity index (χ4n) is 3.22. The number of nitrogens with one attached hydrogen (secondary N) is 1. The Morgan fingerprint density at radius 2 is 1.69 bits per heavy atom. The van der Waals surface area contributed by atoms with Gasteiger partial charge in [-0.25, -0.2) is 9.37 Å². The molecule has 2 aromatic carbocycles. The summed E-state index contributed by atoms with van der Waals surface area (Å²) in [4.78, 5) is 16.6. The molecular weight excluding hydrogens is 483 g/mol. The standard InChI is InChI=1S/C27H27FN2O5S/c1-32-21-14-25(33-2)22(26(15-21)34-3)10-12-36-17-18-13-23(27(35-4)30-16-18)29-11-9-24(31)19-5-7-20(28)8-6-19/h5-16,29H,17H2,1-4H3/b11-9+,12-10+. The average Bonchev–Trinajstić information content (AvgIpc) is 2.91. The predicted molar refractivity (Wildman–Crippen MR) is 141 cm³/mol. The number of hydrogen-bond donors (Lipinski definition) is 1. The summed E-state index contributed by atoms with van der Waals surface area (Å²) >= 11 is 1.56. The fraction of sp³-hybridized carbons (Fsp3) is 0.185. The van der Waals surface area contributed by atoms with Gasteiger partial charge in [0.25, 0.3) is 0 Å². The smallest absolute Gasteiger partial charge is 0.237 e. The molecule has 7 nitrogen and oxygen atoms in total. The predicted octanol–water partition coefficient (Wildman–Crippen LogP) is 5.97. The minimum atomic E-state index is -0.392. The molecule has 3 rings (SSSR count). The third kappa shape index (κ3) is 7.02. The first kappa shape index (κ1) is 26.6. The van der Waals surface area contributed by atoms with Gasteiger partial charge >= 0.3 is 0 Å². The van der Waals surface area contributed by atoms with E-state index in [0.717, 1.165) is 11.1 Å². The van der Waals surface area contributed by atoms with Crippen LogP contribution in [0.5, 0.6) is 23.1 Å². The minimum Gasteiger partial charge on any atom is -0.496 e. The molecule has 0 unspecified atom stereocenters. The van der Waals surface area contributed by atoms with Crippen LogP contribution in [0.25, 0.3) is 6.08 Å². The fourth-order valence-corrected chi connectivity index (χ4v) is 3.89. The molecule has 36 heavy (non-hydrogen) atoms. The molecule has 1 heterocycles. The van der Waals surface area contributed by atoms with Crippen LogP contribution in [0, 0.1) is 5.82 Å². The van der Waals surface area contributed by atoms with Crippen molar-refractivity contribution in [1.82, 2.24) is 4.98 Å². The number of carbonyl (C=O) groups excluding carboxylic acids is 1. The van der Waals surface area contributed by atoms with E-state index in [-0.39, 0.29) is 5.78 Å². The molecule has 1 N–H and O–H groups in total. The number of allylic oxidation sites excluding steroid dienone is 1. The van der Waals surface area contributed by atoms with E-state index in [9.17, 15) is 9.18 Å². The van der Waals surface area contributed by atoms with Crippen molar-refractivity contribution in [3.8, 4) is 23.1 Å². The largest absolute Gasteiger partial charge is 0.496 e. The van der Waals surface area contributed by atoms with Crippen LogP contribution in [0.4, 0.5) is 10.1 Å². The number of halogens is 1. The summed E-state index contributed by atoms with van der Waals surface area (Å²) < 4.78 is 34.6. The third-order valence-electron chi connectivity index (χ3n) is 5.04. The maximum absolute atomic E-state index is 13.1. The lowest BCUT2D eigenvalue weighted by molar-refractivity contribution is 0.104. The summed E-state index contributed by atoms with van der Waals surface area (Å²) in [6.07, 6.45) is 6.52. The lowest BCUT2D eigenvalue weighted by atomic mass is 10.1. The Morgan fingerprint density at radius 3 is 2.31 bits per heavy atom. The summed E-state index contributed by atoms with van der Waals surface area (Å²) in [6.45, 7) is 0. The third-order valence-corrected chi connectivity index (χ3v) is 5.87. The number of rotatable bonds is 12. The Morgan fingerprint density at radius 1 is 1.00 bits per heavy atom. The topological polar surface area (TPSA) is 78.9 Å². The summed E-state index contributed by atoms with van der Waals surface area (Å²) in [6, 6.07) is 10.9. The summed E-state index contributed by atoms with van der Waals surface area (Å²) in [5, 5.41) is 4.99. The second-order valence-corrected chi connectivity index (χ2v) is 8.20. The van der Waals surface area contributed by atoms with Crippen LogP contribution in [-0.4, -0.2) is 39.2 Å². The Kier molecular flexibility index (Phi) is 9.76. The Bertz CT molecular complexity index is 1220. The highest BCUT2D eigenvalue weighted by Crippen LogP contribution is 2.35. The molecule has 0 amide bonds. The van der Waals surface area contributed by atoms with Gasteiger partial charge < -0.3 is 24.3 Å². The number of nitrogens with zero attached hydrogens (tertiary/aromatic N) is 1. The number of ether oxygens (including phenoxy) is 4. The molecule has 188 valence electrons. The van der Waals surface area contributed by atoms with Crippen LogP contribution < -0.4 is 24.3 Å². The molecule has 0 aliphatic rings. The maximum atomic E-state index is 13.1. The average molecular weight is 511 g/mol. The first-order chi connectivity index (χ1) is 17.5. The summed E-state index contributed by atoms with van der Waals surface area (Å²) in [5.74, 6) is 2.32. The van der Waals surface area contributed by atoms with Gasteiger partial charge in [-0.15, -0.1) is 11.8 Å². The lowest BCUT2D eigenvalue weighted by Gasteiger charge is -2.12. The molecule has 0 atom stereocenters. The van der Waals surface area contributed by atoms with Crippen molar-refractivity contribution in [2.75, 3.05) is 33.8 Å². The number of anilines is 1. The number of carbonyl (C=O) groups is 1. The van der Waals surface area contributed by atoms with E-state index < -0.39 is 5.82 Å². The van der Waals surface area contributed by atoms with Gasteiger partial charge in [-0.1, -0.05) is 0 Å². The normalized spacial score (nSPS) is 11.0. The molecule has 0 saturated heterocycles. The van der Waals surface area contributed by atoms with Gasteiger partial charge in [0.05, 0.1) is 34.0 Å². The molecule has 0 aliphatic carbocycles. The van der Waals surface area contributed by atoms with E-state index >= 15 is 0 Å². The van der Waals surface area contributed by atoms with E-state index in [1.807, 2.05) is 17.6 Å². The van der Waals surface area contributed by atoms with Crippen LogP contribution in [0.3, 0.4) is 0 Å². The van der Waals surface area contributed by atoms with Crippen molar-refractivity contribution in [3.63, 3.8) is 0 Å². The summed E-state index contributed by atoms with van der Waals surface area (Å²) in [5.41, 5.74) is 2.75. The second kappa shape index (κ2) is 13.2. The lowest BCUT2D eigenvalue weighted by Crippen LogP contribution is -1.99. The number of methoxy groups -OCH3 is 4. The van der Waals surface area contributed by atoms with Crippen LogP contribution in [0.1, 0.15) is 21.5 Å². The van der Waals surface area contributed by atoms with E-state index in [2.05, 4.69) is 10.3 Å². The molecule has 0 bridgehead atoms. The minimum absolute atomic E-state index is 0.254. The first-order valence-corrected chi connectivity index (χ1v) is 11.9. The van der Waals surface area contributed by atoms with Crippen molar-refractivity contribution < 1.29 is 28.1 Å². The Labute approximate surface area is 213 Å². The van der Waals surface area contributed by atoms with Crippen molar-refractivity contribution in [2.24, 2.45) is 0 Å². The van der Waals surface area contributed by atoms with E-state index in [0.29, 0.717) is 40.1 Å². The van der Waals surface area contributed by atoms with Gasteiger partial charge in [0, 0.05) is 41.9 Å². The van der Waals surface area contributed by atoms with Crippen molar-refractivity contribution >= 4 is 29.3 Å². The zero-order valence-electron chi connectivity index (χ0n) is 20.4. The van der Waals surface area contributed by atoms with Gasteiger partial charge in [-0.3, -0.25) is 4.79 Å². The van der Waals surface area contributed by atoms with E-state index in [4.69, 9.17) is 18.9 Å². The second-order valence-electron chi connectivity index (χ2n) is 7.31. The number of ketones is 1. The quantitative estimate of drug-likeness (QED) is 0.236.